The summed E-state index contributed by atoms with van der Waals surface area (Å²) in [5, 5.41) is 0. The van der Waals surface area contributed by atoms with Crippen molar-refractivity contribution >= 4 is 73.9 Å². The van der Waals surface area contributed by atoms with Crippen molar-refractivity contribution in [3.05, 3.63) is 119 Å². The maximum atomic E-state index is 7.01. The van der Waals surface area contributed by atoms with E-state index in [9.17, 15) is 0 Å². The highest BCUT2D eigenvalue weighted by Crippen LogP contribution is 2.87. The third-order valence-corrected chi connectivity index (χ3v) is 27.9. The molecule has 0 aliphatic rings. The molecular weight excluding hydrogens is 657 g/mol. The smallest absolute Gasteiger partial charge is 0.354 e. The van der Waals surface area contributed by atoms with Gasteiger partial charge in [-0.2, -0.15) is 0 Å². The number of hydrogen-bond acceptors (Lipinski definition) is 8. The van der Waals surface area contributed by atoms with Crippen LogP contribution in [0.25, 0.3) is 0 Å². The van der Waals surface area contributed by atoms with Crippen LogP contribution >= 0.6 is 50.3 Å². The summed E-state index contributed by atoms with van der Waals surface area (Å²) in [4.78, 5) is 0. The summed E-state index contributed by atoms with van der Waals surface area (Å²) < 4.78 is 25.3. The quantitative estimate of drug-likeness (QED) is 0.137. The van der Waals surface area contributed by atoms with Gasteiger partial charge >= 0.3 is 11.4 Å². The predicted octanol–water partition coefficient (Wildman–Crippen LogP) is 11.9. The molecule has 0 radical (unpaired) electrons. The average molecular weight is 685 g/mol. The molecule has 0 saturated carbocycles. The van der Waals surface area contributed by atoms with Crippen LogP contribution in [0.15, 0.2) is 97.1 Å². The summed E-state index contributed by atoms with van der Waals surface area (Å²) in [5.74, 6) is 2.46. The van der Waals surface area contributed by atoms with Crippen LogP contribution in [0.2, 0.25) is 0 Å². The highest BCUT2D eigenvalue weighted by atomic mass is 35.7. The molecule has 40 heavy (non-hydrogen) atoms. The number of halogens is 1. The standard InChI is InChI=1S/C28H28ClO4P3S4/c1-21-5-13-25(14-6-21)30-35(37,31-26-15-7-22(2)8-16-26)39-34(29)40-36(38,32-27-17-9-23(3)10-18-27)33-28-19-11-24(4)12-20-28/h5-20H,1-4H3. The van der Waals surface area contributed by atoms with Gasteiger partial charge in [-0.1, -0.05) is 82.0 Å². The summed E-state index contributed by atoms with van der Waals surface area (Å²) in [6, 6.07) is 30.8. The van der Waals surface area contributed by atoms with Gasteiger partial charge in [0.05, 0.1) is 0 Å². The van der Waals surface area contributed by atoms with Crippen molar-refractivity contribution in [1.29, 1.82) is 0 Å². The molecule has 0 heterocycles. The Morgan fingerprint density at radius 1 is 0.475 bits per heavy atom. The van der Waals surface area contributed by atoms with Gasteiger partial charge in [-0.05, 0) is 76.2 Å². The van der Waals surface area contributed by atoms with E-state index >= 15 is 0 Å². The van der Waals surface area contributed by atoms with Crippen molar-refractivity contribution in [3.8, 4) is 23.0 Å². The molecule has 0 atom stereocenters. The van der Waals surface area contributed by atoms with Crippen LogP contribution in [0.5, 0.6) is 23.0 Å². The van der Waals surface area contributed by atoms with Crippen molar-refractivity contribution in [2.24, 2.45) is 0 Å². The minimum Gasteiger partial charge on any atom is -0.428 e. The molecule has 0 N–H and O–H groups in total. The van der Waals surface area contributed by atoms with Gasteiger partial charge in [-0.15, -0.1) is 0 Å². The fraction of sp³-hybridized carbons (Fsp3) is 0.143. The van der Waals surface area contributed by atoms with Crippen molar-refractivity contribution in [3.63, 3.8) is 0 Å². The topological polar surface area (TPSA) is 36.9 Å². The van der Waals surface area contributed by atoms with Crippen molar-refractivity contribution in [2.75, 3.05) is 0 Å². The Hall–Kier alpha value is -1.20. The Labute approximate surface area is 260 Å². The van der Waals surface area contributed by atoms with Gasteiger partial charge in [0.1, 0.15) is 28.7 Å². The van der Waals surface area contributed by atoms with Gasteiger partial charge in [0.2, 0.25) is 0 Å². The first-order valence-corrected chi connectivity index (χ1v) is 23.7. The van der Waals surface area contributed by atoms with E-state index in [1.165, 1.54) is 22.0 Å². The molecule has 0 aromatic heterocycles. The SMILES string of the molecule is Cc1ccc(OP(=S)(Oc2ccc(C)cc2)SP(Cl)SP(=S)(Oc2ccc(C)cc2)Oc2ccc(C)cc2)cc1. The van der Waals surface area contributed by atoms with E-state index in [4.69, 9.17) is 52.9 Å². The summed E-state index contributed by atoms with van der Waals surface area (Å²) >= 11 is 21.6. The summed E-state index contributed by atoms with van der Waals surface area (Å²) in [7, 11) is 0. The Bertz CT molecular complexity index is 1290. The molecule has 12 heteroatoms. The Morgan fingerprint density at radius 2 is 0.675 bits per heavy atom. The zero-order valence-electron chi connectivity index (χ0n) is 22.2. The molecule has 0 amide bonds. The zero-order chi connectivity index (χ0) is 28.8. The molecule has 4 aromatic carbocycles. The lowest BCUT2D eigenvalue weighted by Gasteiger charge is -2.27. The lowest BCUT2D eigenvalue weighted by atomic mass is 10.2. The molecule has 210 valence electrons. The molecule has 0 aliphatic heterocycles. The lowest BCUT2D eigenvalue weighted by molar-refractivity contribution is 0.506. The van der Waals surface area contributed by atoms with E-state index in [-0.39, 0.29) is 0 Å². The molecule has 0 spiro atoms. The predicted molar refractivity (Wildman–Crippen MR) is 184 cm³/mol. The average Bonchev–Trinajstić information content (AvgIpc) is 2.89. The zero-order valence-corrected chi connectivity index (χ0v) is 28.9. The van der Waals surface area contributed by atoms with Gasteiger partial charge in [0.25, 0.3) is 0 Å². The second-order valence-corrected chi connectivity index (χ2v) is 28.3. The maximum absolute atomic E-state index is 7.01. The molecule has 0 fully saturated rings. The lowest BCUT2D eigenvalue weighted by Crippen LogP contribution is -1.98. The molecule has 0 saturated heterocycles. The van der Waals surface area contributed by atoms with E-state index < -0.39 is 17.1 Å². The molecule has 0 unspecified atom stereocenters. The van der Waals surface area contributed by atoms with Crippen LogP contribution < -0.4 is 18.1 Å². The minimum absolute atomic E-state index is 0.616. The van der Waals surface area contributed by atoms with Crippen LogP contribution in [0.1, 0.15) is 22.3 Å². The van der Waals surface area contributed by atoms with Crippen LogP contribution in [0, 0.1) is 27.7 Å². The first-order valence-electron chi connectivity index (χ1n) is 12.1. The third-order valence-electron chi connectivity index (χ3n) is 5.28. The monoisotopic (exact) mass is 684 g/mol. The largest absolute Gasteiger partial charge is 0.428 e. The van der Waals surface area contributed by atoms with Crippen LogP contribution in [-0.2, 0) is 23.6 Å². The van der Waals surface area contributed by atoms with Crippen molar-refractivity contribution in [2.45, 2.75) is 27.7 Å². The maximum Gasteiger partial charge on any atom is 0.354 e. The molecule has 4 aromatic rings. The Balaban J connectivity index is 1.58. The normalized spacial score (nSPS) is 11.8. The van der Waals surface area contributed by atoms with Crippen LogP contribution in [0.4, 0.5) is 0 Å². The van der Waals surface area contributed by atoms with E-state index in [1.54, 1.807) is 0 Å². The fourth-order valence-corrected chi connectivity index (χ4v) is 33.3. The van der Waals surface area contributed by atoms with Crippen LogP contribution in [-0.4, -0.2) is 0 Å². The highest BCUT2D eigenvalue weighted by Gasteiger charge is 2.35. The number of aryl methyl sites for hydroxylation is 4. The Kier molecular flexibility index (Phi) is 11.4. The molecule has 0 bridgehead atoms. The van der Waals surface area contributed by atoms with Crippen molar-refractivity contribution < 1.29 is 18.1 Å². The van der Waals surface area contributed by atoms with E-state index in [0.717, 1.165) is 22.3 Å². The summed E-state index contributed by atoms with van der Waals surface area (Å²) in [6.07, 6.45) is 0. The molecule has 4 rings (SSSR count). The summed E-state index contributed by atoms with van der Waals surface area (Å²) in [6.45, 7) is 8.06. The summed E-state index contributed by atoms with van der Waals surface area (Å²) in [5.41, 5.74) is -3.06. The number of benzene rings is 4. The van der Waals surface area contributed by atoms with Gasteiger partial charge in [-0.25, -0.2) is 0 Å². The van der Waals surface area contributed by atoms with E-state index in [0.29, 0.717) is 23.0 Å². The van der Waals surface area contributed by atoms with E-state index in [2.05, 4.69) is 0 Å². The minimum atomic E-state index is -3.03. The Morgan fingerprint density at radius 3 is 0.875 bits per heavy atom. The van der Waals surface area contributed by atoms with Gasteiger partial charge in [0, 0.05) is 45.6 Å². The van der Waals surface area contributed by atoms with Crippen molar-refractivity contribution in [1.82, 2.24) is 0 Å². The highest BCUT2D eigenvalue weighted by molar-refractivity contribution is 9.19. The first kappa shape index (κ1) is 31.7. The first-order chi connectivity index (χ1) is 19.0. The molecule has 0 aliphatic carbocycles. The van der Waals surface area contributed by atoms with Crippen LogP contribution in [0.3, 0.4) is 0 Å². The number of hydrogen-bond donors (Lipinski definition) is 0. The van der Waals surface area contributed by atoms with E-state index in [1.807, 2.05) is 125 Å². The van der Waals surface area contributed by atoms with Gasteiger partial charge in [-0.3, -0.25) is 0 Å². The number of rotatable bonds is 12. The second-order valence-electron chi connectivity index (χ2n) is 8.89. The molecular formula is C28H28ClO4P3S4. The second kappa shape index (κ2) is 14.3. The van der Waals surface area contributed by atoms with Gasteiger partial charge in [0.15, 0.2) is 0 Å². The fourth-order valence-electron chi connectivity index (χ4n) is 3.19. The molecule has 4 nitrogen and oxygen atoms in total. The van der Waals surface area contributed by atoms with Gasteiger partial charge < -0.3 is 18.1 Å². The third kappa shape index (κ3) is 9.96.